The molecular weight excluding hydrogens is 288 g/mol. The Labute approximate surface area is 106 Å². The number of aryl methyl sites for hydroxylation is 1. The highest BCUT2D eigenvalue weighted by atomic mass is 79.9. The molecule has 1 aromatic carbocycles. The largest absolute Gasteiger partial charge is 0.321 e. The van der Waals surface area contributed by atoms with Crippen LogP contribution in [0.5, 0.6) is 0 Å². The van der Waals surface area contributed by atoms with E-state index in [1.807, 2.05) is 31.2 Å². The lowest BCUT2D eigenvalue weighted by atomic mass is 10.3. The summed E-state index contributed by atoms with van der Waals surface area (Å²) in [5.41, 5.74) is 3.21. The summed E-state index contributed by atoms with van der Waals surface area (Å²) in [6.07, 6.45) is 0. The number of nitrogens with zero attached hydrogens (tertiary/aromatic N) is 1. The van der Waals surface area contributed by atoms with E-state index in [0.717, 1.165) is 15.9 Å². The maximum absolute atomic E-state index is 11.8. The number of thiazole rings is 1. The third kappa shape index (κ3) is 2.48. The lowest BCUT2D eigenvalue weighted by Gasteiger charge is -2.03. The van der Waals surface area contributed by atoms with Crippen molar-refractivity contribution in [2.75, 3.05) is 5.32 Å². The normalized spacial score (nSPS) is 10.1. The highest BCUT2D eigenvalue weighted by Crippen LogP contribution is 2.17. The number of benzene rings is 1. The number of halogens is 1. The predicted octanol–water partition coefficient (Wildman–Crippen LogP) is 3.47. The fourth-order valence-corrected chi connectivity index (χ4v) is 2.20. The molecular formula is C11H9BrN2OS. The summed E-state index contributed by atoms with van der Waals surface area (Å²) in [5.74, 6) is -0.109. The van der Waals surface area contributed by atoms with Crippen LogP contribution in [0.4, 0.5) is 5.69 Å². The number of amides is 1. The molecule has 1 N–H and O–H groups in total. The summed E-state index contributed by atoms with van der Waals surface area (Å²) in [6.45, 7) is 1.83. The van der Waals surface area contributed by atoms with E-state index < -0.39 is 0 Å². The van der Waals surface area contributed by atoms with Gasteiger partial charge in [-0.3, -0.25) is 4.79 Å². The molecule has 2 rings (SSSR count). The first-order chi connectivity index (χ1) is 7.66. The molecule has 0 aliphatic carbocycles. The molecule has 0 spiro atoms. The van der Waals surface area contributed by atoms with Gasteiger partial charge in [0.2, 0.25) is 0 Å². The summed E-state index contributed by atoms with van der Waals surface area (Å²) < 4.78 is 0.986. The van der Waals surface area contributed by atoms with E-state index in [-0.39, 0.29) is 5.91 Å². The maximum Gasteiger partial charge on any atom is 0.267 e. The van der Waals surface area contributed by atoms with Gasteiger partial charge in [-0.15, -0.1) is 11.3 Å². The van der Waals surface area contributed by atoms with Gasteiger partial charge in [0.05, 0.1) is 11.2 Å². The number of aromatic nitrogens is 1. The summed E-state index contributed by atoms with van der Waals surface area (Å²) in [7, 11) is 0. The molecule has 0 fully saturated rings. The van der Waals surface area contributed by atoms with Crippen LogP contribution in [0.1, 0.15) is 15.4 Å². The summed E-state index contributed by atoms with van der Waals surface area (Å²) in [5, 5.41) is 2.82. The zero-order valence-electron chi connectivity index (χ0n) is 8.53. The van der Waals surface area contributed by atoms with Crippen LogP contribution in [-0.2, 0) is 0 Å². The Balaban J connectivity index is 2.14. The average Bonchev–Trinajstić information content (AvgIpc) is 2.68. The van der Waals surface area contributed by atoms with Crippen LogP contribution in [0.25, 0.3) is 0 Å². The number of carbonyl (C=O) groups excluding carboxylic acids is 1. The molecule has 0 atom stereocenters. The molecule has 0 saturated heterocycles. The number of hydrogen-bond acceptors (Lipinski definition) is 3. The molecule has 16 heavy (non-hydrogen) atoms. The third-order valence-corrected chi connectivity index (χ3v) is 3.51. The molecule has 0 aliphatic heterocycles. The van der Waals surface area contributed by atoms with Gasteiger partial charge in [0, 0.05) is 10.2 Å². The van der Waals surface area contributed by atoms with Crippen LogP contribution in [0, 0.1) is 6.92 Å². The Kier molecular flexibility index (Phi) is 3.36. The fourth-order valence-electron chi connectivity index (χ4n) is 1.24. The zero-order valence-corrected chi connectivity index (χ0v) is 10.9. The van der Waals surface area contributed by atoms with E-state index in [1.54, 1.807) is 5.51 Å². The van der Waals surface area contributed by atoms with Crippen molar-refractivity contribution in [2.45, 2.75) is 6.92 Å². The van der Waals surface area contributed by atoms with Gasteiger partial charge in [0.25, 0.3) is 5.91 Å². The van der Waals surface area contributed by atoms with E-state index in [1.165, 1.54) is 11.3 Å². The van der Waals surface area contributed by atoms with E-state index in [2.05, 4.69) is 26.2 Å². The topological polar surface area (TPSA) is 42.0 Å². The van der Waals surface area contributed by atoms with Crippen molar-refractivity contribution in [1.29, 1.82) is 0 Å². The lowest BCUT2D eigenvalue weighted by molar-refractivity contribution is 0.103. The van der Waals surface area contributed by atoms with Crippen LogP contribution < -0.4 is 5.32 Å². The predicted molar refractivity (Wildman–Crippen MR) is 68.9 cm³/mol. The highest BCUT2D eigenvalue weighted by molar-refractivity contribution is 9.10. The van der Waals surface area contributed by atoms with Gasteiger partial charge in [0.15, 0.2) is 0 Å². The van der Waals surface area contributed by atoms with Gasteiger partial charge < -0.3 is 5.32 Å². The van der Waals surface area contributed by atoms with E-state index in [4.69, 9.17) is 0 Å². The standard InChI is InChI=1S/C11H9BrN2OS/c1-7-10(16-6-13-7)11(15)14-9-4-2-8(12)3-5-9/h2-6H,1H3,(H,14,15). The van der Waals surface area contributed by atoms with Crippen LogP contribution in [0.2, 0.25) is 0 Å². The summed E-state index contributed by atoms with van der Waals surface area (Å²) in [6, 6.07) is 7.46. The number of anilines is 1. The summed E-state index contributed by atoms with van der Waals surface area (Å²) >= 11 is 4.69. The van der Waals surface area contributed by atoms with E-state index in [9.17, 15) is 4.79 Å². The number of rotatable bonds is 2. The molecule has 3 nitrogen and oxygen atoms in total. The van der Waals surface area contributed by atoms with E-state index in [0.29, 0.717) is 4.88 Å². The molecule has 1 aromatic heterocycles. The molecule has 2 aromatic rings. The molecule has 82 valence electrons. The van der Waals surface area contributed by atoms with Gasteiger partial charge in [-0.2, -0.15) is 0 Å². The van der Waals surface area contributed by atoms with E-state index >= 15 is 0 Å². The molecule has 0 saturated carbocycles. The Bertz CT molecular complexity index is 507. The zero-order chi connectivity index (χ0) is 11.5. The van der Waals surface area contributed by atoms with Crippen molar-refractivity contribution in [3.05, 3.63) is 44.8 Å². The molecule has 1 amide bonds. The first-order valence-electron chi connectivity index (χ1n) is 4.64. The van der Waals surface area contributed by atoms with Crippen molar-refractivity contribution >= 4 is 38.9 Å². The Hall–Kier alpha value is -1.20. The Morgan fingerprint density at radius 2 is 2.06 bits per heavy atom. The molecule has 1 heterocycles. The Morgan fingerprint density at radius 3 is 2.62 bits per heavy atom. The molecule has 0 radical (unpaired) electrons. The number of hydrogen-bond donors (Lipinski definition) is 1. The molecule has 5 heteroatoms. The van der Waals surface area contributed by atoms with Crippen LogP contribution >= 0.6 is 27.3 Å². The van der Waals surface area contributed by atoms with Crippen molar-refractivity contribution in [3.63, 3.8) is 0 Å². The van der Waals surface area contributed by atoms with Crippen molar-refractivity contribution in [2.24, 2.45) is 0 Å². The SMILES string of the molecule is Cc1ncsc1C(=O)Nc1ccc(Br)cc1. The number of carbonyl (C=O) groups is 1. The maximum atomic E-state index is 11.8. The summed E-state index contributed by atoms with van der Waals surface area (Å²) in [4.78, 5) is 16.5. The van der Waals surface area contributed by atoms with Crippen molar-refractivity contribution in [3.8, 4) is 0 Å². The van der Waals surface area contributed by atoms with Gasteiger partial charge in [-0.25, -0.2) is 4.98 Å². The third-order valence-electron chi connectivity index (χ3n) is 2.05. The second kappa shape index (κ2) is 4.76. The van der Waals surface area contributed by atoms with Crippen LogP contribution in [-0.4, -0.2) is 10.9 Å². The molecule has 0 unspecified atom stereocenters. The van der Waals surface area contributed by atoms with Crippen molar-refractivity contribution < 1.29 is 4.79 Å². The van der Waals surface area contributed by atoms with Crippen LogP contribution in [0.3, 0.4) is 0 Å². The first-order valence-corrected chi connectivity index (χ1v) is 6.31. The van der Waals surface area contributed by atoms with Gasteiger partial charge >= 0.3 is 0 Å². The molecule has 0 aliphatic rings. The lowest BCUT2D eigenvalue weighted by Crippen LogP contribution is -2.11. The minimum atomic E-state index is -0.109. The van der Waals surface area contributed by atoms with Crippen LogP contribution in [0.15, 0.2) is 34.2 Å². The minimum absolute atomic E-state index is 0.109. The smallest absolute Gasteiger partial charge is 0.267 e. The minimum Gasteiger partial charge on any atom is -0.321 e. The average molecular weight is 297 g/mol. The van der Waals surface area contributed by atoms with Gasteiger partial charge in [-0.05, 0) is 31.2 Å². The highest BCUT2D eigenvalue weighted by Gasteiger charge is 2.11. The van der Waals surface area contributed by atoms with Gasteiger partial charge in [-0.1, -0.05) is 15.9 Å². The second-order valence-electron chi connectivity index (χ2n) is 3.23. The second-order valence-corrected chi connectivity index (χ2v) is 5.00. The monoisotopic (exact) mass is 296 g/mol. The van der Waals surface area contributed by atoms with Gasteiger partial charge in [0.1, 0.15) is 4.88 Å². The number of nitrogens with one attached hydrogen (secondary N) is 1. The quantitative estimate of drug-likeness (QED) is 0.922. The molecule has 0 bridgehead atoms. The first kappa shape index (κ1) is 11.3. The Morgan fingerprint density at radius 1 is 1.38 bits per heavy atom. The fraction of sp³-hybridized carbons (Fsp3) is 0.0909. The van der Waals surface area contributed by atoms with Crippen molar-refractivity contribution in [1.82, 2.24) is 4.98 Å².